The average Bonchev–Trinajstić information content (AvgIpc) is 3.44. The highest BCUT2D eigenvalue weighted by Crippen LogP contribution is 2.29. The van der Waals surface area contributed by atoms with E-state index >= 15 is 0 Å². The number of furan rings is 1. The summed E-state index contributed by atoms with van der Waals surface area (Å²) < 4.78 is 16.2. The molecule has 164 valence electrons. The first-order valence-electron chi connectivity index (χ1n) is 10.6. The Morgan fingerprint density at radius 3 is 2.94 bits per heavy atom. The Morgan fingerprint density at radius 1 is 1.19 bits per heavy atom. The Morgan fingerprint density at radius 2 is 2.09 bits per heavy atom. The second-order valence-electron chi connectivity index (χ2n) is 7.52. The number of aromatic amines is 1. The predicted molar refractivity (Wildman–Crippen MR) is 122 cm³/mol. The molecule has 0 saturated heterocycles. The van der Waals surface area contributed by atoms with E-state index in [2.05, 4.69) is 16.4 Å². The number of H-pyrrole nitrogens is 1. The molecule has 2 heterocycles. The van der Waals surface area contributed by atoms with Crippen molar-refractivity contribution in [3.8, 4) is 11.8 Å². The van der Waals surface area contributed by atoms with Crippen LogP contribution in [0.4, 0.5) is 0 Å². The molecule has 0 fully saturated rings. The molecule has 32 heavy (non-hydrogen) atoms. The fraction of sp³-hybridized carbons (Fsp3) is 0.280. The Bertz CT molecular complexity index is 1270. The maximum absolute atomic E-state index is 11.7. The quantitative estimate of drug-likeness (QED) is 0.282. The smallest absolute Gasteiger partial charge is 0.373 e. The summed E-state index contributed by atoms with van der Waals surface area (Å²) in [7, 11) is 1.32. The minimum atomic E-state index is -0.507. The number of para-hydroxylation sites is 1. The number of esters is 1. The van der Waals surface area contributed by atoms with Gasteiger partial charge in [-0.15, -0.1) is 0 Å². The lowest BCUT2D eigenvalue weighted by molar-refractivity contribution is 0.0567. The average molecular weight is 431 g/mol. The highest BCUT2D eigenvalue weighted by Gasteiger charge is 2.15. The number of aromatic nitrogens is 1. The van der Waals surface area contributed by atoms with E-state index in [4.69, 9.17) is 19.2 Å². The van der Waals surface area contributed by atoms with Crippen molar-refractivity contribution in [2.75, 3.05) is 26.8 Å². The van der Waals surface area contributed by atoms with Gasteiger partial charge in [-0.25, -0.2) is 4.79 Å². The molecule has 7 heteroatoms. The number of fused-ring (bicyclic) bond motifs is 2. The normalized spacial score (nSPS) is 11.0. The maximum Gasteiger partial charge on any atom is 0.373 e. The lowest BCUT2D eigenvalue weighted by Gasteiger charge is -2.08. The summed E-state index contributed by atoms with van der Waals surface area (Å²) >= 11 is 0. The minimum Gasteiger partial charge on any atom is -0.488 e. The zero-order valence-electron chi connectivity index (χ0n) is 17.9. The summed E-state index contributed by atoms with van der Waals surface area (Å²) in [6.45, 7) is 2.10. The van der Waals surface area contributed by atoms with Crippen LogP contribution in [0.3, 0.4) is 0 Å². The van der Waals surface area contributed by atoms with Crippen LogP contribution in [0.5, 0.6) is 5.75 Å². The molecule has 2 aromatic carbocycles. The number of rotatable bonds is 10. The number of hydrogen-bond donors (Lipinski definition) is 2. The number of nitriles is 1. The van der Waals surface area contributed by atoms with E-state index in [1.165, 1.54) is 12.7 Å². The lowest BCUT2D eigenvalue weighted by atomic mass is 10.1. The van der Waals surface area contributed by atoms with Gasteiger partial charge in [-0.3, -0.25) is 0 Å². The monoisotopic (exact) mass is 431 g/mol. The molecule has 0 radical (unpaired) electrons. The number of benzene rings is 2. The molecule has 0 atom stereocenters. The number of carbonyl (C=O) groups is 1. The van der Waals surface area contributed by atoms with Crippen LogP contribution >= 0.6 is 0 Å². The van der Waals surface area contributed by atoms with Crippen LogP contribution in [0.1, 0.15) is 34.5 Å². The Balaban J connectivity index is 1.19. The summed E-state index contributed by atoms with van der Waals surface area (Å²) in [6, 6.07) is 15.2. The third-order valence-electron chi connectivity index (χ3n) is 5.38. The predicted octanol–water partition coefficient (Wildman–Crippen LogP) is 4.56. The van der Waals surface area contributed by atoms with Crippen molar-refractivity contribution in [1.29, 1.82) is 5.26 Å². The van der Waals surface area contributed by atoms with E-state index in [1.54, 1.807) is 6.07 Å². The van der Waals surface area contributed by atoms with E-state index in [9.17, 15) is 4.79 Å². The van der Waals surface area contributed by atoms with Gasteiger partial charge < -0.3 is 24.2 Å². The molecule has 4 rings (SSSR count). The second-order valence-corrected chi connectivity index (χ2v) is 7.52. The summed E-state index contributed by atoms with van der Waals surface area (Å²) in [5.41, 5.74) is 3.55. The van der Waals surface area contributed by atoms with Crippen molar-refractivity contribution < 1.29 is 18.7 Å². The third-order valence-corrected chi connectivity index (χ3v) is 5.38. The number of unbranched alkanes of at least 4 members (excludes halogenated alkanes) is 1. The van der Waals surface area contributed by atoms with Crippen LogP contribution < -0.4 is 10.1 Å². The van der Waals surface area contributed by atoms with E-state index < -0.39 is 5.97 Å². The fourth-order valence-corrected chi connectivity index (χ4v) is 3.73. The SMILES string of the molecule is COC(=O)c1cc2cccc(OCCNCCCCc3c[nH]c4ccc(C#N)cc34)c2o1. The van der Waals surface area contributed by atoms with Gasteiger partial charge in [-0.1, -0.05) is 12.1 Å². The summed E-state index contributed by atoms with van der Waals surface area (Å²) in [5.74, 6) is 0.262. The Hall–Kier alpha value is -3.76. The largest absolute Gasteiger partial charge is 0.488 e. The molecule has 0 unspecified atom stereocenters. The van der Waals surface area contributed by atoms with Gasteiger partial charge in [0.15, 0.2) is 11.3 Å². The van der Waals surface area contributed by atoms with Crippen LogP contribution in [0.2, 0.25) is 0 Å². The molecule has 0 amide bonds. The summed E-state index contributed by atoms with van der Waals surface area (Å²) in [6.07, 6.45) is 5.10. The van der Waals surface area contributed by atoms with Crippen LogP contribution in [-0.2, 0) is 11.2 Å². The third kappa shape index (κ3) is 4.76. The molecular weight excluding hydrogens is 406 g/mol. The summed E-state index contributed by atoms with van der Waals surface area (Å²) in [4.78, 5) is 14.9. The van der Waals surface area contributed by atoms with Gasteiger partial charge in [-0.2, -0.15) is 5.26 Å². The standard InChI is InChI=1S/C25H25N3O4/c1-30-25(29)23-14-18-6-4-7-22(24(18)32-23)31-12-11-27-10-3-2-5-19-16-28-21-9-8-17(15-26)13-20(19)21/h4,6-9,13-14,16,27-28H,2-3,5,10-12H2,1H3. The van der Waals surface area contributed by atoms with Crippen LogP contribution in [0.25, 0.3) is 21.9 Å². The Kier molecular flexibility index (Phi) is 6.73. The number of nitrogens with one attached hydrogen (secondary N) is 2. The molecule has 0 aliphatic rings. The molecular formula is C25H25N3O4. The Labute approximate surface area is 185 Å². The van der Waals surface area contributed by atoms with Gasteiger partial charge >= 0.3 is 5.97 Å². The molecule has 0 saturated carbocycles. The van der Waals surface area contributed by atoms with Crippen molar-refractivity contribution in [3.63, 3.8) is 0 Å². The molecule has 2 aromatic heterocycles. The first-order chi connectivity index (χ1) is 15.7. The molecule has 4 aromatic rings. The first kappa shape index (κ1) is 21.5. The molecule has 7 nitrogen and oxygen atoms in total. The number of hydrogen-bond acceptors (Lipinski definition) is 6. The van der Waals surface area contributed by atoms with Crippen molar-refractivity contribution in [3.05, 3.63) is 65.5 Å². The van der Waals surface area contributed by atoms with Crippen molar-refractivity contribution >= 4 is 27.8 Å². The fourth-order valence-electron chi connectivity index (χ4n) is 3.73. The first-order valence-corrected chi connectivity index (χ1v) is 10.6. The maximum atomic E-state index is 11.7. The number of carbonyl (C=O) groups excluding carboxylic acids is 1. The van der Waals surface area contributed by atoms with Gasteiger partial charge in [0.05, 0.1) is 18.7 Å². The number of methoxy groups -OCH3 is 1. The molecule has 0 aliphatic carbocycles. The van der Waals surface area contributed by atoms with Crippen LogP contribution in [0, 0.1) is 11.3 Å². The topological polar surface area (TPSA) is 100 Å². The van der Waals surface area contributed by atoms with Gasteiger partial charge in [0.25, 0.3) is 0 Å². The summed E-state index contributed by atoms with van der Waals surface area (Å²) in [5, 5.41) is 14.4. The number of aryl methyl sites for hydroxylation is 1. The number of ether oxygens (including phenoxy) is 2. The van der Waals surface area contributed by atoms with Gasteiger partial charge in [0.2, 0.25) is 5.76 Å². The molecule has 0 aliphatic heterocycles. The number of nitrogens with zero attached hydrogens (tertiary/aromatic N) is 1. The molecule has 0 bridgehead atoms. The van der Waals surface area contributed by atoms with E-state index in [0.717, 1.165) is 42.1 Å². The van der Waals surface area contributed by atoms with Crippen molar-refractivity contribution in [2.45, 2.75) is 19.3 Å². The highest BCUT2D eigenvalue weighted by atomic mass is 16.5. The molecule has 2 N–H and O–H groups in total. The van der Waals surface area contributed by atoms with Gasteiger partial charge in [-0.05, 0) is 61.7 Å². The second kappa shape index (κ2) is 10.0. The zero-order valence-corrected chi connectivity index (χ0v) is 17.9. The minimum absolute atomic E-state index is 0.163. The zero-order chi connectivity index (χ0) is 22.3. The van der Waals surface area contributed by atoms with Gasteiger partial charge in [0, 0.05) is 29.0 Å². The van der Waals surface area contributed by atoms with E-state index in [-0.39, 0.29) is 5.76 Å². The van der Waals surface area contributed by atoms with Gasteiger partial charge in [0.1, 0.15) is 6.61 Å². The van der Waals surface area contributed by atoms with E-state index in [1.807, 2.05) is 42.6 Å². The van der Waals surface area contributed by atoms with E-state index in [0.29, 0.717) is 30.0 Å². The van der Waals surface area contributed by atoms with Crippen molar-refractivity contribution in [2.24, 2.45) is 0 Å². The molecule has 0 spiro atoms. The van der Waals surface area contributed by atoms with Crippen LogP contribution in [0.15, 0.2) is 53.1 Å². The van der Waals surface area contributed by atoms with Crippen molar-refractivity contribution in [1.82, 2.24) is 10.3 Å². The highest BCUT2D eigenvalue weighted by molar-refractivity contribution is 5.94. The lowest BCUT2D eigenvalue weighted by Crippen LogP contribution is -2.22. The van der Waals surface area contributed by atoms with Crippen LogP contribution in [-0.4, -0.2) is 37.8 Å².